The van der Waals surface area contributed by atoms with Gasteiger partial charge in [-0.2, -0.15) is 0 Å². The van der Waals surface area contributed by atoms with Crippen molar-refractivity contribution in [3.05, 3.63) is 53.2 Å². The predicted octanol–water partition coefficient (Wildman–Crippen LogP) is 5.74. The number of aryl methyl sites for hydroxylation is 1. The molecule has 1 aliphatic rings. The van der Waals surface area contributed by atoms with Crippen LogP contribution in [0.5, 0.6) is 0 Å². The van der Waals surface area contributed by atoms with Crippen LogP contribution in [0.25, 0.3) is 10.9 Å². The van der Waals surface area contributed by atoms with Crippen molar-refractivity contribution in [2.45, 2.75) is 53.3 Å². The number of fused-ring (bicyclic) bond motifs is 1. The monoisotopic (exact) mass is 425 g/mol. The van der Waals surface area contributed by atoms with Crippen molar-refractivity contribution in [2.75, 3.05) is 23.3 Å². The highest BCUT2D eigenvalue weighted by molar-refractivity contribution is 5.90. The molecule has 1 aliphatic heterocycles. The van der Waals surface area contributed by atoms with E-state index < -0.39 is 12.0 Å². The third-order valence-corrected chi connectivity index (χ3v) is 6.54. The Labute approximate surface area is 181 Å². The first-order chi connectivity index (χ1) is 14.9. The summed E-state index contributed by atoms with van der Waals surface area (Å²) in [5.41, 5.74) is 1.59. The van der Waals surface area contributed by atoms with E-state index in [0.717, 1.165) is 42.7 Å². The molecule has 1 fully saturated rings. The number of hydrogen-bond donors (Lipinski definition) is 1. The first-order valence-electron chi connectivity index (χ1n) is 10.9. The van der Waals surface area contributed by atoms with Gasteiger partial charge in [-0.1, -0.05) is 32.0 Å². The summed E-state index contributed by atoms with van der Waals surface area (Å²) in [5.74, 6) is 1.62. The van der Waals surface area contributed by atoms with Gasteiger partial charge in [0, 0.05) is 41.6 Å². The predicted molar refractivity (Wildman–Crippen MR) is 121 cm³/mol. The van der Waals surface area contributed by atoms with Gasteiger partial charge in [0.15, 0.2) is 0 Å². The molecule has 0 amide bonds. The van der Waals surface area contributed by atoms with Crippen molar-refractivity contribution in [3.63, 3.8) is 0 Å². The lowest BCUT2D eigenvalue weighted by Gasteiger charge is -2.50. The van der Waals surface area contributed by atoms with E-state index in [1.165, 1.54) is 13.0 Å². The minimum absolute atomic E-state index is 0.0719. The van der Waals surface area contributed by atoms with Gasteiger partial charge in [-0.15, -0.1) is 0 Å². The molecule has 7 heteroatoms. The highest BCUT2D eigenvalue weighted by atomic mass is 19.1. The van der Waals surface area contributed by atoms with Crippen molar-refractivity contribution in [1.82, 2.24) is 15.0 Å². The fourth-order valence-corrected chi connectivity index (χ4v) is 4.29. The molecule has 1 atom stereocenters. The minimum Gasteiger partial charge on any atom is -0.365 e. The molecule has 2 aromatic heterocycles. The van der Waals surface area contributed by atoms with Crippen molar-refractivity contribution < 1.29 is 8.78 Å². The van der Waals surface area contributed by atoms with Gasteiger partial charge in [0.1, 0.15) is 29.4 Å². The summed E-state index contributed by atoms with van der Waals surface area (Å²) in [6.45, 7) is 9.83. The van der Waals surface area contributed by atoms with Gasteiger partial charge in [-0.3, -0.25) is 0 Å². The van der Waals surface area contributed by atoms with Gasteiger partial charge in [0.05, 0.1) is 11.7 Å². The summed E-state index contributed by atoms with van der Waals surface area (Å²) in [7, 11) is 0. The number of halogens is 2. The molecule has 3 heterocycles. The van der Waals surface area contributed by atoms with Crippen molar-refractivity contribution in [3.8, 4) is 0 Å². The average Bonchev–Trinajstić information content (AvgIpc) is 2.72. The smallest absolute Gasteiger partial charge is 0.138 e. The summed E-state index contributed by atoms with van der Waals surface area (Å²) in [6.07, 6.45) is 2.73. The largest absolute Gasteiger partial charge is 0.365 e. The van der Waals surface area contributed by atoms with E-state index in [4.69, 9.17) is 0 Å². The normalized spacial score (nSPS) is 16.3. The topological polar surface area (TPSA) is 53.9 Å². The van der Waals surface area contributed by atoms with Crippen molar-refractivity contribution >= 4 is 22.5 Å². The van der Waals surface area contributed by atoms with Crippen LogP contribution in [0.15, 0.2) is 30.5 Å². The number of aromatic nitrogens is 3. The van der Waals surface area contributed by atoms with E-state index in [1.54, 1.807) is 18.3 Å². The van der Waals surface area contributed by atoms with E-state index >= 15 is 0 Å². The van der Waals surface area contributed by atoms with Crippen LogP contribution in [0.1, 0.15) is 56.7 Å². The third-order valence-electron chi connectivity index (χ3n) is 6.54. The Balaban J connectivity index is 1.61. The maximum atomic E-state index is 14.7. The number of alkyl halides is 1. The maximum Gasteiger partial charge on any atom is 0.138 e. The molecule has 3 aromatic rings. The highest BCUT2D eigenvalue weighted by Gasteiger charge is 2.40. The Morgan fingerprint density at radius 1 is 1.19 bits per heavy atom. The zero-order valence-electron chi connectivity index (χ0n) is 18.5. The van der Waals surface area contributed by atoms with Gasteiger partial charge in [-0.05, 0) is 32.8 Å². The van der Waals surface area contributed by atoms with Gasteiger partial charge in [0.25, 0.3) is 0 Å². The number of nitrogens with zero attached hydrogens (tertiary/aromatic N) is 4. The van der Waals surface area contributed by atoms with Crippen LogP contribution in [0.3, 0.4) is 0 Å². The number of anilines is 2. The lowest BCUT2D eigenvalue weighted by molar-refractivity contribution is 0.193. The Morgan fingerprint density at radius 2 is 1.94 bits per heavy atom. The summed E-state index contributed by atoms with van der Waals surface area (Å²) in [6, 6.07) is 6.81. The molecular weight excluding hydrogens is 396 g/mol. The Morgan fingerprint density at radius 3 is 2.61 bits per heavy atom. The molecule has 0 saturated carbocycles. The molecule has 4 rings (SSSR count). The number of hydrogen-bond acceptors (Lipinski definition) is 5. The van der Waals surface area contributed by atoms with Crippen LogP contribution in [0.2, 0.25) is 0 Å². The molecule has 5 nitrogen and oxygen atoms in total. The standard InChI is InChI=1S/C24H29F2N5/c1-5-24(6-2)13-31(14-24)21-10-19-20(12-27-21)29-16(4)30-23(19)28-11-17-8-7-9-18(15(3)25)22(17)26/h7-10,12,15H,5-6,11,13-14H2,1-4H3,(H,28,29,30). The second-order valence-corrected chi connectivity index (χ2v) is 8.53. The molecule has 164 valence electrons. The second kappa shape index (κ2) is 8.36. The zero-order valence-corrected chi connectivity index (χ0v) is 18.5. The highest BCUT2D eigenvalue weighted by Crippen LogP contribution is 2.40. The molecule has 0 radical (unpaired) electrons. The molecular formula is C24H29F2N5. The zero-order chi connectivity index (χ0) is 22.2. The summed E-state index contributed by atoms with van der Waals surface area (Å²) >= 11 is 0. The van der Waals surface area contributed by atoms with Crippen molar-refractivity contribution in [1.29, 1.82) is 0 Å². The molecule has 0 bridgehead atoms. The number of nitrogens with one attached hydrogen (secondary N) is 1. The Hall–Kier alpha value is -2.83. The van der Waals surface area contributed by atoms with Gasteiger partial charge in [-0.25, -0.2) is 23.7 Å². The van der Waals surface area contributed by atoms with E-state index in [9.17, 15) is 8.78 Å². The third kappa shape index (κ3) is 4.05. The molecule has 31 heavy (non-hydrogen) atoms. The lowest BCUT2D eigenvalue weighted by atomic mass is 9.75. The van der Waals surface area contributed by atoms with E-state index in [-0.39, 0.29) is 12.1 Å². The molecule has 1 unspecified atom stereocenters. The lowest BCUT2D eigenvalue weighted by Crippen LogP contribution is -2.56. The average molecular weight is 426 g/mol. The summed E-state index contributed by atoms with van der Waals surface area (Å²) < 4.78 is 28.3. The molecule has 1 N–H and O–H groups in total. The number of rotatable bonds is 7. The fraction of sp³-hybridized carbons (Fsp3) is 0.458. The van der Waals surface area contributed by atoms with Crippen LogP contribution in [-0.4, -0.2) is 28.0 Å². The number of pyridine rings is 1. The quantitative estimate of drug-likeness (QED) is 0.523. The molecule has 1 aromatic carbocycles. The molecule has 0 aliphatic carbocycles. The summed E-state index contributed by atoms with van der Waals surface area (Å²) in [4.78, 5) is 15.9. The van der Waals surface area contributed by atoms with Gasteiger partial charge in [0.2, 0.25) is 0 Å². The van der Waals surface area contributed by atoms with Crippen LogP contribution < -0.4 is 10.2 Å². The summed E-state index contributed by atoms with van der Waals surface area (Å²) in [5, 5.41) is 4.08. The van der Waals surface area contributed by atoms with Crippen LogP contribution in [0, 0.1) is 18.2 Å². The fourth-order valence-electron chi connectivity index (χ4n) is 4.29. The Kier molecular flexibility index (Phi) is 5.77. The number of benzene rings is 1. The first kappa shape index (κ1) is 21.4. The van der Waals surface area contributed by atoms with Crippen LogP contribution >= 0.6 is 0 Å². The molecule has 1 saturated heterocycles. The maximum absolute atomic E-state index is 14.7. The van der Waals surface area contributed by atoms with Crippen LogP contribution in [0.4, 0.5) is 20.4 Å². The second-order valence-electron chi connectivity index (χ2n) is 8.53. The SMILES string of the molecule is CCC1(CC)CN(c2cc3c(NCc4cccc(C(C)F)c4F)nc(C)nc3cn2)C1. The van der Waals surface area contributed by atoms with Crippen molar-refractivity contribution in [2.24, 2.45) is 5.41 Å². The van der Waals surface area contributed by atoms with E-state index in [2.05, 4.69) is 39.0 Å². The molecule has 0 spiro atoms. The first-order valence-corrected chi connectivity index (χ1v) is 10.9. The van der Waals surface area contributed by atoms with Gasteiger partial charge < -0.3 is 10.2 Å². The van der Waals surface area contributed by atoms with E-state index in [1.807, 2.05) is 13.0 Å². The minimum atomic E-state index is -1.36. The van der Waals surface area contributed by atoms with Crippen LogP contribution in [-0.2, 0) is 6.54 Å². The van der Waals surface area contributed by atoms with Gasteiger partial charge >= 0.3 is 0 Å². The van der Waals surface area contributed by atoms with E-state index in [0.29, 0.717) is 22.6 Å². The Bertz CT molecular complexity index is 1090.